The van der Waals surface area contributed by atoms with Crippen molar-refractivity contribution in [1.29, 1.82) is 0 Å². The van der Waals surface area contributed by atoms with Crippen molar-refractivity contribution in [3.05, 3.63) is 60.2 Å². The molecular formula is C23H29N3O3S. The minimum Gasteiger partial charge on any atom is -0.274 e. The van der Waals surface area contributed by atoms with Gasteiger partial charge in [-0.2, -0.15) is 4.31 Å². The SMILES string of the molecule is O=C(C1CCN(S(=O)(=O)c2ccccc2)CC1)n1ccccc1=NC1CCCCC1. The van der Waals surface area contributed by atoms with Crippen LogP contribution in [0.5, 0.6) is 0 Å². The van der Waals surface area contributed by atoms with Gasteiger partial charge in [0.25, 0.3) is 0 Å². The van der Waals surface area contributed by atoms with Crippen LogP contribution in [-0.2, 0) is 10.0 Å². The standard InChI is InChI=1S/C23H29N3O3S/c27-23(26-16-8-7-13-22(26)24-20-9-3-1-4-10-20)19-14-17-25(18-15-19)30(28,29)21-11-5-2-6-12-21/h2,5-8,11-13,16,19-20H,1,3-4,9-10,14-15,17-18H2. The Balaban J connectivity index is 1.47. The molecule has 4 rings (SSSR count). The van der Waals surface area contributed by atoms with Crippen molar-refractivity contribution in [3.8, 4) is 0 Å². The molecule has 0 unspecified atom stereocenters. The molecular weight excluding hydrogens is 398 g/mol. The van der Waals surface area contributed by atoms with Crippen LogP contribution in [0, 0.1) is 5.92 Å². The Morgan fingerprint density at radius 1 is 0.867 bits per heavy atom. The van der Waals surface area contributed by atoms with E-state index in [0.717, 1.165) is 12.8 Å². The van der Waals surface area contributed by atoms with Crippen molar-refractivity contribution in [1.82, 2.24) is 8.87 Å². The first kappa shape index (κ1) is 21.0. The zero-order chi connectivity index (χ0) is 21.0. The number of benzene rings is 1. The molecule has 2 aromatic rings. The van der Waals surface area contributed by atoms with E-state index in [1.165, 1.54) is 23.6 Å². The van der Waals surface area contributed by atoms with Gasteiger partial charge in [0.05, 0.1) is 10.9 Å². The number of rotatable bonds is 4. The van der Waals surface area contributed by atoms with Crippen LogP contribution in [0.1, 0.15) is 49.7 Å². The zero-order valence-corrected chi connectivity index (χ0v) is 18.0. The molecule has 160 valence electrons. The topological polar surface area (TPSA) is 71.7 Å². The monoisotopic (exact) mass is 427 g/mol. The summed E-state index contributed by atoms with van der Waals surface area (Å²) in [5.41, 5.74) is 0.716. The molecule has 0 amide bonds. The van der Waals surface area contributed by atoms with Crippen LogP contribution in [-0.4, -0.2) is 42.3 Å². The fraction of sp³-hybridized carbons (Fsp3) is 0.478. The van der Waals surface area contributed by atoms with E-state index in [1.807, 2.05) is 18.2 Å². The molecule has 0 spiro atoms. The molecule has 30 heavy (non-hydrogen) atoms. The van der Waals surface area contributed by atoms with Crippen LogP contribution in [0.2, 0.25) is 0 Å². The molecule has 1 aliphatic heterocycles. The Kier molecular flexibility index (Phi) is 6.49. The molecule has 2 fully saturated rings. The second-order valence-corrected chi connectivity index (χ2v) is 10.1. The third-order valence-corrected chi connectivity index (χ3v) is 8.06. The summed E-state index contributed by atoms with van der Waals surface area (Å²) in [6.07, 6.45) is 8.66. The van der Waals surface area contributed by atoms with Gasteiger partial charge in [-0.3, -0.25) is 14.4 Å². The number of pyridine rings is 1. The fourth-order valence-corrected chi connectivity index (χ4v) is 5.89. The van der Waals surface area contributed by atoms with Crippen molar-refractivity contribution in [2.45, 2.75) is 55.9 Å². The summed E-state index contributed by atoms with van der Waals surface area (Å²) < 4.78 is 28.8. The van der Waals surface area contributed by atoms with Crippen LogP contribution in [0.25, 0.3) is 0 Å². The number of hydrogen-bond donors (Lipinski definition) is 0. The molecule has 7 heteroatoms. The van der Waals surface area contributed by atoms with E-state index >= 15 is 0 Å². The van der Waals surface area contributed by atoms with Crippen LogP contribution in [0.3, 0.4) is 0 Å². The highest BCUT2D eigenvalue weighted by molar-refractivity contribution is 7.89. The lowest BCUT2D eigenvalue weighted by molar-refractivity contribution is 0.0780. The van der Waals surface area contributed by atoms with E-state index in [-0.39, 0.29) is 17.9 Å². The number of carbonyl (C=O) groups is 1. The van der Waals surface area contributed by atoms with Gasteiger partial charge in [0, 0.05) is 25.2 Å². The molecule has 0 N–H and O–H groups in total. The van der Waals surface area contributed by atoms with Crippen LogP contribution in [0.4, 0.5) is 0 Å². The highest BCUT2D eigenvalue weighted by Gasteiger charge is 2.32. The molecule has 0 bridgehead atoms. The third kappa shape index (κ3) is 4.57. The Bertz CT molecular complexity index is 1030. The first-order chi connectivity index (χ1) is 14.6. The van der Waals surface area contributed by atoms with Gasteiger partial charge in [-0.1, -0.05) is 43.5 Å². The minimum absolute atomic E-state index is 0.0157. The Labute approximate surface area is 178 Å². The second kappa shape index (κ2) is 9.27. The van der Waals surface area contributed by atoms with Gasteiger partial charge >= 0.3 is 0 Å². The van der Waals surface area contributed by atoms with Crippen molar-refractivity contribution in [2.24, 2.45) is 10.9 Å². The van der Waals surface area contributed by atoms with E-state index in [0.29, 0.717) is 36.3 Å². The summed E-state index contributed by atoms with van der Waals surface area (Å²) in [6, 6.07) is 14.5. The van der Waals surface area contributed by atoms with Gasteiger partial charge in [0.15, 0.2) is 0 Å². The zero-order valence-electron chi connectivity index (χ0n) is 17.2. The molecule has 1 aromatic heterocycles. The Hall–Kier alpha value is -2.25. The number of sulfonamides is 1. The van der Waals surface area contributed by atoms with Gasteiger partial charge in [-0.05, 0) is 49.9 Å². The maximum atomic E-state index is 13.2. The summed E-state index contributed by atoms with van der Waals surface area (Å²) in [6.45, 7) is 0.715. The van der Waals surface area contributed by atoms with E-state index in [1.54, 1.807) is 41.1 Å². The molecule has 2 heterocycles. The molecule has 1 saturated carbocycles. The maximum Gasteiger partial charge on any atom is 0.243 e. The van der Waals surface area contributed by atoms with E-state index in [9.17, 15) is 13.2 Å². The molecule has 1 saturated heterocycles. The van der Waals surface area contributed by atoms with E-state index < -0.39 is 10.0 Å². The normalized spacial score (nSPS) is 20.3. The van der Waals surface area contributed by atoms with Gasteiger partial charge < -0.3 is 0 Å². The fourth-order valence-electron chi connectivity index (χ4n) is 4.40. The molecule has 1 aliphatic carbocycles. The van der Waals surface area contributed by atoms with E-state index in [2.05, 4.69) is 0 Å². The number of aromatic nitrogens is 1. The first-order valence-electron chi connectivity index (χ1n) is 10.9. The van der Waals surface area contributed by atoms with Crippen molar-refractivity contribution < 1.29 is 13.2 Å². The predicted molar refractivity (Wildman–Crippen MR) is 115 cm³/mol. The molecule has 1 aromatic carbocycles. The molecule has 0 radical (unpaired) electrons. The number of piperidine rings is 1. The largest absolute Gasteiger partial charge is 0.274 e. The lowest BCUT2D eigenvalue weighted by Gasteiger charge is -2.30. The smallest absolute Gasteiger partial charge is 0.243 e. The molecule has 0 atom stereocenters. The van der Waals surface area contributed by atoms with Crippen molar-refractivity contribution in [2.75, 3.05) is 13.1 Å². The Morgan fingerprint density at radius 2 is 1.53 bits per heavy atom. The van der Waals surface area contributed by atoms with Crippen LogP contribution >= 0.6 is 0 Å². The quantitative estimate of drug-likeness (QED) is 0.750. The van der Waals surface area contributed by atoms with Crippen molar-refractivity contribution in [3.63, 3.8) is 0 Å². The first-order valence-corrected chi connectivity index (χ1v) is 12.3. The highest BCUT2D eigenvalue weighted by Crippen LogP contribution is 2.25. The van der Waals surface area contributed by atoms with E-state index in [4.69, 9.17) is 4.99 Å². The summed E-state index contributed by atoms with van der Waals surface area (Å²) in [4.78, 5) is 18.4. The van der Waals surface area contributed by atoms with Gasteiger partial charge in [0.2, 0.25) is 15.9 Å². The number of carbonyl (C=O) groups excluding carboxylic acids is 1. The maximum absolute atomic E-state index is 13.2. The summed E-state index contributed by atoms with van der Waals surface area (Å²) >= 11 is 0. The number of hydrogen-bond acceptors (Lipinski definition) is 4. The molecule has 2 aliphatic rings. The van der Waals surface area contributed by atoms with Crippen LogP contribution < -0.4 is 5.49 Å². The van der Waals surface area contributed by atoms with Gasteiger partial charge in [-0.15, -0.1) is 0 Å². The number of nitrogens with zero attached hydrogens (tertiary/aromatic N) is 3. The lowest BCUT2D eigenvalue weighted by Crippen LogP contribution is -2.42. The summed E-state index contributed by atoms with van der Waals surface area (Å²) in [7, 11) is -3.51. The summed E-state index contributed by atoms with van der Waals surface area (Å²) in [5, 5.41) is 0. The average molecular weight is 428 g/mol. The predicted octanol–water partition coefficient (Wildman–Crippen LogP) is 3.46. The minimum atomic E-state index is -3.51. The summed E-state index contributed by atoms with van der Waals surface area (Å²) in [5.74, 6) is -0.179. The van der Waals surface area contributed by atoms with Gasteiger partial charge in [0.1, 0.15) is 5.49 Å². The van der Waals surface area contributed by atoms with Crippen molar-refractivity contribution >= 4 is 15.9 Å². The van der Waals surface area contributed by atoms with Gasteiger partial charge in [-0.25, -0.2) is 8.42 Å². The lowest BCUT2D eigenvalue weighted by atomic mass is 9.96. The highest BCUT2D eigenvalue weighted by atomic mass is 32.2. The molecule has 6 nitrogen and oxygen atoms in total. The average Bonchev–Trinajstić information content (AvgIpc) is 2.80. The third-order valence-electron chi connectivity index (χ3n) is 6.15. The second-order valence-electron chi connectivity index (χ2n) is 8.18. The Morgan fingerprint density at radius 3 is 2.23 bits per heavy atom. The van der Waals surface area contributed by atoms with Crippen LogP contribution in [0.15, 0.2) is 64.6 Å².